The van der Waals surface area contributed by atoms with E-state index >= 15 is 0 Å². The van der Waals surface area contributed by atoms with Crippen molar-refractivity contribution in [2.45, 2.75) is 50.2 Å². The third-order valence-electron chi connectivity index (χ3n) is 4.26. The van der Waals surface area contributed by atoms with Crippen LogP contribution >= 0.6 is 0 Å². The summed E-state index contributed by atoms with van der Waals surface area (Å²) in [5, 5.41) is 0. The summed E-state index contributed by atoms with van der Waals surface area (Å²) in [6, 6.07) is 11.5. The Hall–Kier alpha value is -0.860. The molecule has 0 amide bonds. The summed E-state index contributed by atoms with van der Waals surface area (Å²) in [6.45, 7) is 2.34. The average Bonchev–Trinajstić information content (AvgIpc) is 2.91. The van der Waals surface area contributed by atoms with Crippen LogP contribution in [0.25, 0.3) is 0 Å². The summed E-state index contributed by atoms with van der Waals surface area (Å²) in [5.41, 5.74) is 7.89. The Morgan fingerprint density at radius 3 is 2.71 bits per heavy atom. The van der Waals surface area contributed by atoms with Gasteiger partial charge in [0.2, 0.25) is 0 Å². The van der Waals surface area contributed by atoms with Gasteiger partial charge in [0.1, 0.15) is 0 Å². The maximum atomic E-state index is 6.26. The predicted molar refractivity (Wildman–Crippen MR) is 70.6 cm³/mol. The highest BCUT2D eigenvalue weighted by Crippen LogP contribution is 2.40. The first-order valence-corrected chi connectivity index (χ1v) is 6.82. The van der Waals surface area contributed by atoms with Crippen LogP contribution in [0.2, 0.25) is 0 Å². The van der Waals surface area contributed by atoms with Gasteiger partial charge >= 0.3 is 0 Å². The molecule has 1 heterocycles. The first-order chi connectivity index (χ1) is 8.25. The summed E-state index contributed by atoms with van der Waals surface area (Å²) in [7, 11) is 0. The summed E-state index contributed by atoms with van der Waals surface area (Å²) < 4.78 is 0. The van der Waals surface area contributed by atoms with Crippen LogP contribution in [0.5, 0.6) is 0 Å². The fraction of sp³-hybridized carbons (Fsp3) is 0.600. The van der Waals surface area contributed by atoms with Crippen molar-refractivity contribution in [1.82, 2.24) is 4.90 Å². The molecule has 0 aromatic heterocycles. The highest BCUT2D eigenvalue weighted by Gasteiger charge is 2.42. The lowest BCUT2D eigenvalue weighted by Gasteiger charge is -2.26. The van der Waals surface area contributed by atoms with Crippen LogP contribution in [-0.4, -0.2) is 23.0 Å². The third-order valence-corrected chi connectivity index (χ3v) is 4.26. The second-order valence-corrected chi connectivity index (χ2v) is 5.82. The topological polar surface area (TPSA) is 29.3 Å². The molecule has 1 aromatic rings. The molecule has 0 spiro atoms. The van der Waals surface area contributed by atoms with Crippen molar-refractivity contribution in [3.05, 3.63) is 35.9 Å². The van der Waals surface area contributed by atoms with Gasteiger partial charge in [-0.25, -0.2) is 0 Å². The van der Waals surface area contributed by atoms with E-state index < -0.39 is 0 Å². The number of rotatable bonds is 4. The van der Waals surface area contributed by atoms with E-state index in [9.17, 15) is 0 Å². The van der Waals surface area contributed by atoms with Gasteiger partial charge in [0, 0.05) is 18.1 Å². The predicted octanol–water partition coefficient (Wildman–Crippen LogP) is 2.53. The zero-order valence-corrected chi connectivity index (χ0v) is 10.4. The average molecular weight is 230 g/mol. The highest BCUT2D eigenvalue weighted by atomic mass is 15.2. The van der Waals surface area contributed by atoms with Gasteiger partial charge in [-0.1, -0.05) is 30.3 Å². The van der Waals surface area contributed by atoms with Gasteiger partial charge in [0.05, 0.1) is 0 Å². The van der Waals surface area contributed by atoms with Crippen molar-refractivity contribution in [3.8, 4) is 0 Å². The molecule has 2 fully saturated rings. The van der Waals surface area contributed by atoms with E-state index in [4.69, 9.17) is 5.73 Å². The standard InChI is InChI=1S/C15H22N2/c16-15(8-9-15)11-14-7-4-10-17(14)12-13-5-2-1-3-6-13/h1-3,5-6,14H,4,7-12,16H2. The van der Waals surface area contributed by atoms with Crippen molar-refractivity contribution in [3.63, 3.8) is 0 Å². The molecule has 1 aliphatic heterocycles. The lowest BCUT2D eigenvalue weighted by molar-refractivity contribution is 0.221. The van der Waals surface area contributed by atoms with Gasteiger partial charge in [0.15, 0.2) is 0 Å². The first kappa shape index (κ1) is 11.2. The fourth-order valence-electron chi connectivity index (χ4n) is 2.99. The van der Waals surface area contributed by atoms with Crippen LogP contribution < -0.4 is 5.73 Å². The minimum absolute atomic E-state index is 0.198. The van der Waals surface area contributed by atoms with E-state index in [0.29, 0.717) is 0 Å². The van der Waals surface area contributed by atoms with Crippen molar-refractivity contribution in [1.29, 1.82) is 0 Å². The SMILES string of the molecule is NC1(CC2CCCN2Cc2ccccc2)CC1. The summed E-state index contributed by atoms with van der Waals surface area (Å²) >= 11 is 0. The van der Waals surface area contributed by atoms with Crippen molar-refractivity contribution in [2.75, 3.05) is 6.54 Å². The van der Waals surface area contributed by atoms with Crippen LogP contribution in [0.15, 0.2) is 30.3 Å². The Balaban J connectivity index is 1.62. The largest absolute Gasteiger partial charge is 0.325 e. The molecule has 2 aliphatic rings. The van der Waals surface area contributed by atoms with Crippen LogP contribution in [0.3, 0.4) is 0 Å². The molecule has 1 saturated heterocycles. The highest BCUT2D eigenvalue weighted by molar-refractivity contribution is 5.15. The summed E-state index contributed by atoms with van der Waals surface area (Å²) in [4.78, 5) is 2.63. The molecule has 0 radical (unpaired) electrons. The molecule has 2 heteroatoms. The van der Waals surface area contributed by atoms with E-state index in [2.05, 4.69) is 35.2 Å². The molecule has 92 valence electrons. The maximum absolute atomic E-state index is 6.26. The second kappa shape index (κ2) is 4.43. The van der Waals surface area contributed by atoms with Crippen molar-refractivity contribution < 1.29 is 0 Å². The summed E-state index contributed by atoms with van der Waals surface area (Å²) in [6.07, 6.45) is 6.37. The number of likely N-dealkylation sites (tertiary alicyclic amines) is 1. The molecule has 0 bridgehead atoms. The zero-order chi connectivity index (χ0) is 11.7. The molecule has 1 saturated carbocycles. The number of nitrogens with zero attached hydrogens (tertiary/aromatic N) is 1. The molecule has 1 unspecified atom stereocenters. The zero-order valence-electron chi connectivity index (χ0n) is 10.4. The van der Waals surface area contributed by atoms with E-state index in [0.717, 1.165) is 12.6 Å². The van der Waals surface area contributed by atoms with Gasteiger partial charge in [-0.2, -0.15) is 0 Å². The maximum Gasteiger partial charge on any atom is 0.0236 e. The van der Waals surface area contributed by atoms with Crippen LogP contribution in [0.4, 0.5) is 0 Å². The van der Waals surface area contributed by atoms with Gasteiger partial charge in [-0.15, -0.1) is 0 Å². The molecular weight excluding hydrogens is 208 g/mol. The lowest BCUT2D eigenvalue weighted by Crippen LogP contribution is -2.36. The van der Waals surface area contributed by atoms with Crippen LogP contribution in [0, 0.1) is 0 Å². The Bertz CT molecular complexity index is 370. The Morgan fingerprint density at radius 1 is 1.24 bits per heavy atom. The number of hydrogen-bond acceptors (Lipinski definition) is 2. The van der Waals surface area contributed by atoms with Crippen LogP contribution in [0.1, 0.15) is 37.7 Å². The normalized spacial score (nSPS) is 27.2. The Labute approximate surface area is 104 Å². The second-order valence-electron chi connectivity index (χ2n) is 5.82. The molecule has 1 aliphatic carbocycles. The molecule has 2 N–H and O–H groups in total. The van der Waals surface area contributed by atoms with Gasteiger partial charge < -0.3 is 5.73 Å². The minimum Gasteiger partial charge on any atom is -0.325 e. The third kappa shape index (κ3) is 2.70. The number of nitrogens with two attached hydrogens (primary N) is 1. The first-order valence-electron chi connectivity index (χ1n) is 6.82. The Kier molecular flexibility index (Phi) is 2.93. The molecular formula is C15H22N2. The molecule has 17 heavy (non-hydrogen) atoms. The van der Waals surface area contributed by atoms with Gasteiger partial charge in [-0.3, -0.25) is 4.90 Å². The number of benzene rings is 1. The molecule has 1 aromatic carbocycles. The fourth-order valence-corrected chi connectivity index (χ4v) is 2.99. The van der Waals surface area contributed by atoms with E-state index in [1.165, 1.54) is 44.2 Å². The lowest BCUT2D eigenvalue weighted by atomic mass is 10.0. The quantitative estimate of drug-likeness (QED) is 0.861. The van der Waals surface area contributed by atoms with Crippen molar-refractivity contribution in [2.24, 2.45) is 5.73 Å². The van der Waals surface area contributed by atoms with E-state index in [1.807, 2.05) is 0 Å². The van der Waals surface area contributed by atoms with E-state index in [-0.39, 0.29) is 5.54 Å². The minimum atomic E-state index is 0.198. The van der Waals surface area contributed by atoms with Gasteiger partial charge in [0.25, 0.3) is 0 Å². The Morgan fingerprint density at radius 2 is 2.00 bits per heavy atom. The summed E-state index contributed by atoms with van der Waals surface area (Å²) in [5.74, 6) is 0. The molecule has 1 atom stereocenters. The smallest absolute Gasteiger partial charge is 0.0236 e. The number of hydrogen-bond donors (Lipinski definition) is 1. The molecule has 3 rings (SSSR count). The van der Waals surface area contributed by atoms with E-state index in [1.54, 1.807) is 0 Å². The van der Waals surface area contributed by atoms with Crippen molar-refractivity contribution >= 4 is 0 Å². The van der Waals surface area contributed by atoms with Crippen LogP contribution in [-0.2, 0) is 6.54 Å². The monoisotopic (exact) mass is 230 g/mol. The molecule has 2 nitrogen and oxygen atoms in total. The van der Waals surface area contributed by atoms with Gasteiger partial charge in [-0.05, 0) is 44.2 Å².